The Hall–Kier alpha value is -3.11. The number of nitrogens with one attached hydrogen (secondary N) is 1. The molecule has 136 valence electrons. The van der Waals surface area contributed by atoms with Crippen LogP contribution in [0.3, 0.4) is 0 Å². The molecule has 0 aromatic carbocycles. The number of H-pyrrole nitrogens is 1. The van der Waals surface area contributed by atoms with Crippen LogP contribution in [0.5, 0.6) is 0 Å². The second kappa shape index (κ2) is 5.71. The van der Waals surface area contributed by atoms with E-state index in [1.807, 2.05) is 0 Å². The van der Waals surface area contributed by atoms with E-state index in [0.29, 0.717) is 11.2 Å². The molecule has 1 aliphatic rings. The first-order valence-corrected chi connectivity index (χ1v) is 8.03. The van der Waals surface area contributed by atoms with E-state index in [1.54, 1.807) is 25.3 Å². The van der Waals surface area contributed by atoms with E-state index < -0.39 is 11.8 Å². The van der Waals surface area contributed by atoms with Gasteiger partial charge in [0.25, 0.3) is 23.3 Å². The highest BCUT2D eigenvalue weighted by Gasteiger charge is 2.37. The van der Waals surface area contributed by atoms with Crippen molar-refractivity contribution in [1.29, 1.82) is 0 Å². The number of alkyl halides is 2. The summed E-state index contributed by atoms with van der Waals surface area (Å²) in [4.78, 5) is 28.6. The molecule has 3 aromatic rings. The van der Waals surface area contributed by atoms with E-state index in [0.717, 1.165) is 0 Å². The number of carbonyl (C=O) groups is 1. The number of piperidine rings is 1. The van der Waals surface area contributed by atoms with Gasteiger partial charge in [0, 0.05) is 32.1 Å². The fourth-order valence-corrected chi connectivity index (χ4v) is 2.94. The second-order valence-electron chi connectivity index (χ2n) is 6.20. The SMILES string of the molecule is Cc1c(C(=O)N2CCC(F)(F)CC2)nnn1-c1nn2cccc2c(=O)[nH]1. The molecule has 1 N–H and O–H groups in total. The number of carbonyl (C=O) groups excluding carboxylic acids is 1. The normalized spacial score (nSPS) is 17.0. The zero-order chi connectivity index (χ0) is 18.5. The number of hydrogen-bond acceptors (Lipinski definition) is 5. The molecule has 0 radical (unpaired) electrons. The molecule has 1 amide bonds. The summed E-state index contributed by atoms with van der Waals surface area (Å²) in [7, 11) is 0. The zero-order valence-electron chi connectivity index (χ0n) is 13.8. The Bertz CT molecular complexity index is 1040. The van der Waals surface area contributed by atoms with E-state index in [4.69, 9.17) is 0 Å². The van der Waals surface area contributed by atoms with E-state index in [-0.39, 0.29) is 43.1 Å². The van der Waals surface area contributed by atoms with Crippen molar-refractivity contribution in [1.82, 2.24) is 34.5 Å². The van der Waals surface area contributed by atoms with E-state index in [2.05, 4.69) is 20.4 Å². The number of likely N-dealkylation sites (tertiary alicyclic amines) is 1. The van der Waals surface area contributed by atoms with Gasteiger partial charge in [0.15, 0.2) is 5.69 Å². The van der Waals surface area contributed by atoms with Crippen LogP contribution in [0, 0.1) is 6.92 Å². The molecule has 1 saturated heterocycles. The molecule has 1 aliphatic heterocycles. The molecule has 1 fully saturated rings. The molecule has 0 spiro atoms. The van der Waals surface area contributed by atoms with Gasteiger partial charge in [-0.25, -0.2) is 13.3 Å². The van der Waals surface area contributed by atoms with Gasteiger partial charge in [0.2, 0.25) is 0 Å². The Labute approximate surface area is 145 Å². The number of aromatic nitrogens is 6. The summed E-state index contributed by atoms with van der Waals surface area (Å²) < 4.78 is 29.2. The highest BCUT2D eigenvalue weighted by atomic mass is 19.3. The quantitative estimate of drug-likeness (QED) is 0.725. The van der Waals surface area contributed by atoms with Crippen LogP contribution in [-0.4, -0.2) is 59.4 Å². The standard InChI is InChI=1S/C15H15F2N7O2/c1-9-11(13(26)22-7-4-15(16,17)5-8-22)19-21-24(9)14-18-12(25)10-3-2-6-23(10)20-14/h2-3,6H,4-5,7-8H2,1H3,(H,18,20,25). The number of rotatable bonds is 2. The number of fused-ring (bicyclic) bond motifs is 1. The first-order chi connectivity index (χ1) is 12.4. The largest absolute Gasteiger partial charge is 0.337 e. The van der Waals surface area contributed by atoms with Crippen LogP contribution in [0.15, 0.2) is 23.1 Å². The summed E-state index contributed by atoms with van der Waals surface area (Å²) in [5, 5.41) is 12.0. The van der Waals surface area contributed by atoms with Crippen molar-refractivity contribution in [3.63, 3.8) is 0 Å². The zero-order valence-corrected chi connectivity index (χ0v) is 13.8. The smallest absolute Gasteiger partial charge is 0.276 e. The van der Waals surface area contributed by atoms with E-state index >= 15 is 0 Å². The highest BCUT2D eigenvalue weighted by Crippen LogP contribution is 2.28. The van der Waals surface area contributed by atoms with Gasteiger partial charge < -0.3 is 4.90 Å². The molecule has 26 heavy (non-hydrogen) atoms. The summed E-state index contributed by atoms with van der Waals surface area (Å²) in [5.41, 5.74) is 0.422. The van der Waals surface area contributed by atoms with Crippen molar-refractivity contribution in [3.8, 4) is 5.95 Å². The van der Waals surface area contributed by atoms with Crippen molar-refractivity contribution < 1.29 is 13.6 Å². The Balaban J connectivity index is 1.65. The van der Waals surface area contributed by atoms with E-state index in [1.165, 1.54) is 14.1 Å². The number of aromatic amines is 1. The molecule has 0 atom stereocenters. The highest BCUT2D eigenvalue weighted by molar-refractivity contribution is 5.93. The first kappa shape index (κ1) is 16.4. The van der Waals surface area contributed by atoms with Crippen LogP contribution in [0.4, 0.5) is 8.78 Å². The second-order valence-corrected chi connectivity index (χ2v) is 6.20. The van der Waals surface area contributed by atoms with Crippen LogP contribution < -0.4 is 5.56 Å². The average Bonchev–Trinajstić information content (AvgIpc) is 3.21. The predicted molar refractivity (Wildman–Crippen MR) is 85.6 cm³/mol. The minimum absolute atomic E-state index is 0.0391. The molecular formula is C15H15F2N7O2. The van der Waals surface area contributed by atoms with Crippen molar-refractivity contribution >= 4 is 11.4 Å². The molecule has 11 heteroatoms. The summed E-state index contributed by atoms with van der Waals surface area (Å²) in [6.07, 6.45) is 0.872. The molecule has 0 saturated carbocycles. The van der Waals surface area contributed by atoms with Crippen molar-refractivity contribution in [2.24, 2.45) is 0 Å². The van der Waals surface area contributed by atoms with E-state index in [9.17, 15) is 18.4 Å². The van der Waals surface area contributed by atoms with Crippen LogP contribution in [0.1, 0.15) is 29.0 Å². The summed E-state index contributed by atoms with van der Waals surface area (Å²) in [6, 6.07) is 3.29. The molecular weight excluding hydrogens is 348 g/mol. The molecule has 3 aromatic heterocycles. The number of nitrogens with zero attached hydrogens (tertiary/aromatic N) is 6. The third kappa shape index (κ3) is 2.65. The lowest BCUT2D eigenvalue weighted by Gasteiger charge is -2.31. The van der Waals surface area contributed by atoms with Gasteiger partial charge in [-0.05, 0) is 19.1 Å². The summed E-state index contributed by atoms with van der Waals surface area (Å²) in [6.45, 7) is 1.52. The molecule has 4 heterocycles. The fraction of sp³-hybridized carbons (Fsp3) is 0.400. The number of amides is 1. The Morgan fingerprint density at radius 1 is 1.31 bits per heavy atom. The molecule has 4 rings (SSSR count). The number of halogens is 2. The van der Waals surface area contributed by atoms with Crippen molar-refractivity contribution in [3.05, 3.63) is 40.1 Å². The average molecular weight is 363 g/mol. The van der Waals surface area contributed by atoms with Crippen molar-refractivity contribution in [2.45, 2.75) is 25.7 Å². The Morgan fingerprint density at radius 3 is 2.77 bits per heavy atom. The third-order valence-corrected chi connectivity index (χ3v) is 4.47. The van der Waals surface area contributed by atoms with Crippen LogP contribution >= 0.6 is 0 Å². The van der Waals surface area contributed by atoms with Gasteiger partial charge in [0.1, 0.15) is 5.52 Å². The lowest BCUT2D eigenvalue weighted by atomic mass is 10.1. The minimum Gasteiger partial charge on any atom is -0.337 e. The van der Waals surface area contributed by atoms with Crippen molar-refractivity contribution in [2.75, 3.05) is 13.1 Å². The fourth-order valence-electron chi connectivity index (χ4n) is 2.94. The van der Waals surface area contributed by atoms with Gasteiger partial charge >= 0.3 is 0 Å². The Morgan fingerprint density at radius 2 is 2.04 bits per heavy atom. The Kier molecular flexibility index (Phi) is 3.60. The maximum atomic E-state index is 13.3. The van der Waals surface area contributed by atoms with Gasteiger partial charge in [-0.2, -0.15) is 4.68 Å². The molecule has 0 bridgehead atoms. The maximum absolute atomic E-state index is 13.3. The molecule has 0 unspecified atom stereocenters. The van der Waals surface area contributed by atoms with Gasteiger partial charge in [-0.1, -0.05) is 5.21 Å². The molecule has 0 aliphatic carbocycles. The first-order valence-electron chi connectivity index (χ1n) is 8.03. The van der Waals surface area contributed by atoms with Crippen LogP contribution in [0.2, 0.25) is 0 Å². The monoisotopic (exact) mass is 363 g/mol. The maximum Gasteiger partial charge on any atom is 0.276 e. The van der Waals surface area contributed by atoms with Gasteiger partial charge in [-0.3, -0.25) is 14.6 Å². The predicted octanol–water partition coefficient (Wildman–Crippen LogP) is 0.783. The minimum atomic E-state index is -2.74. The lowest BCUT2D eigenvalue weighted by Crippen LogP contribution is -2.43. The molecule has 9 nitrogen and oxygen atoms in total. The van der Waals surface area contributed by atoms with Crippen LogP contribution in [0.25, 0.3) is 11.5 Å². The number of hydrogen-bond donors (Lipinski definition) is 1. The van der Waals surface area contributed by atoms with Crippen LogP contribution in [-0.2, 0) is 0 Å². The van der Waals surface area contributed by atoms with Gasteiger partial charge in [-0.15, -0.1) is 10.2 Å². The summed E-state index contributed by atoms with van der Waals surface area (Å²) >= 11 is 0. The lowest BCUT2D eigenvalue weighted by molar-refractivity contribution is -0.0495. The van der Waals surface area contributed by atoms with Gasteiger partial charge in [0.05, 0.1) is 5.69 Å². The summed E-state index contributed by atoms with van der Waals surface area (Å²) in [5.74, 6) is -3.10. The third-order valence-electron chi connectivity index (χ3n) is 4.47. The topological polar surface area (TPSA) is 101 Å².